The molecule has 2 aromatic carbocycles. The van der Waals surface area contributed by atoms with E-state index in [-0.39, 0.29) is 17.5 Å². The molecule has 0 atom stereocenters. The summed E-state index contributed by atoms with van der Waals surface area (Å²) >= 11 is 0. The molecule has 3 rings (SSSR count). The maximum absolute atomic E-state index is 11.4. The van der Waals surface area contributed by atoms with Crippen LogP contribution in [0.3, 0.4) is 0 Å². The number of anilines is 1. The van der Waals surface area contributed by atoms with Crippen LogP contribution < -0.4 is 5.32 Å². The molecule has 1 aromatic heterocycles. The molecule has 0 aliphatic carbocycles. The number of nitrogens with one attached hydrogen (secondary N) is 1. The van der Waals surface area contributed by atoms with Crippen LogP contribution in [0.1, 0.15) is 6.92 Å². The van der Waals surface area contributed by atoms with E-state index in [1.165, 1.54) is 19.1 Å². The van der Waals surface area contributed by atoms with Crippen molar-refractivity contribution in [1.29, 1.82) is 0 Å². The molecule has 7 heteroatoms. The van der Waals surface area contributed by atoms with E-state index < -0.39 is 4.92 Å². The number of carbonyl (C=O) groups excluding carboxylic acids is 1. The van der Waals surface area contributed by atoms with E-state index in [1.54, 1.807) is 18.2 Å². The number of aromatic nitrogens is 2. The maximum atomic E-state index is 11.4. The molecule has 25 heavy (non-hydrogen) atoms. The Bertz CT molecular complexity index is 925. The lowest BCUT2D eigenvalue weighted by atomic mass is 10.1. The highest BCUT2D eigenvalue weighted by Crippen LogP contribution is 2.26. The minimum absolute atomic E-state index is 0.00294. The fraction of sp³-hybridized carbons (Fsp3) is 0.0556. The third-order valence-electron chi connectivity index (χ3n) is 3.46. The minimum Gasteiger partial charge on any atom is -0.295 e. The quantitative estimate of drug-likeness (QED) is 0.580. The van der Waals surface area contributed by atoms with E-state index in [9.17, 15) is 14.9 Å². The van der Waals surface area contributed by atoms with E-state index in [0.29, 0.717) is 17.0 Å². The lowest BCUT2D eigenvalue weighted by molar-refractivity contribution is -0.384. The summed E-state index contributed by atoms with van der Waals surface area (Å²) in [6, 6.07) is 17.3. The Morgan fingerprint density at radius 1 is 0.960 bits per heavy atom. The number of nitro benzene ring substituents is 1. The summed E-state index contributed by atoms with van der Waals surface area (Å²) in [5.74, 6) is -0.0953. The monoisotopic (exact) mass is 334 g/mol. The van der Waals surface area contributed by atoms with Crippen molar-refractivity contribution in [3.63, 3.8) is 0 Å². The van der Waals surface area contributed by atoms with Crippen molar-refractivity contribution in [1.82, 2.24) is 9.97 Å². The lowest BCUT2D eigenvalue weighted by Crippen LogP contribution is -2.10. The van der Waals surface area contributed by atoms with Crippen LogP contribution in [0.4, 0.5) is 11.6 Å². The molecule has 0 saturated heterocycles. The van der Waals surface area contributed by atoms with Gasteiger partial charge in [0.15, 0.2) is 0 Å². The van der Waals surface area contributed by atoms with Gasteiger partial charge >= 0.3 is 0 Å². The summed E-state index contributed by atoms with van der Waals surface area (Å²) in [6.07, 6.45) is 0. The number of non-ortho nitro benzene ring substituents is 1. The second-order valence-electron chi connectivity index (χ2n) is 5.31. The number of hydrogen-bond donors (Lipinski definition) is 1. The SMILES string of the molecule is CC(=O)Nc1nc(-c2ccccc2)cc(-c2ccc([N+](=O)[O-])cc2)n1. The van der Waals surface area contributed by atoms with Crippen LogP contribution in [-0.4, -0.2) is 20.8 Å². The van der Waals surface area contributed by atoms with E-state index in [0.717, 1.165) is 5.56 Å². The largest absolute Gasteiger partial charge is 0.295 e. The van der Waals surface area contributed by atoms with Crippen LogP contribution >= 0.6 is 0 Å². The van der Waals surface area contributed by atoms with Crippen LogP contribution in [-0.2, 0) is 4.79 Å². The fourth-order valence-corrected chi connectivity index (χ4v) is 2.32. The van der Waals surface area contributed by atoms with Crippen LogP contribution in [0.15, 0.2) is 60.7 Å². The van der Waals surface area contributed by atoms with Gasteiger partial charge in [-0.2, -0.15) is 0 Å². The Labute approximate surface area is 143 Å². The number of nitrogens with zero attached hydrogens (tertiary/aromatic N) is 3. The summed E-state index contributed by atoms with van der Waals surface area (Å²) in [6.45, 7) is 1.38. The van der Waals surface area contributed by atoms with E-state index in [1.807, 2.05) is 30.3 Å². The fourth-order valence-electron chi connectivity index (χ4n) is 2.32. The normalized spacial score (nSPS) is 10.3. The second-order valence-corrected chi connectivity index (χ2v) is 5.31. The highest BCUT2D eigenvalue weighted by molar-refractivity contribution is 5.87. The van der Waals surface area contributed by atoms with Crippen molar-refractivity contribution in [3.05, 3.63) is 70.8 Å². The molecule has 0 fully saturated rings. The van der Waals surface area contributed by atoms with E-state index in [2.05, 4.69) is 15.3 Å². The molecule has 1 N–H and O–H groups in total. The first-order chi connectivity index (χ1) is 12.0. The first kappa shape index (κ1) is 16.3. The van der Waals surface area contributed by atoms with Gasteiger partial charge in [0.25, 0.3) is 5.69 Å². The maximum Gasteiger partial charge on any atom is 0.269 e. The van der Waals surface area contributed by atoms with Gasteiger partial charge in [-0.15, -0.1) is 0 Å². The van der Waals surface area contributed by atoms with Gasteiger partial charge in [-0.3, -0.25) is 20.2 Å². The molecular weight excluding hydrogens is 320 g/mol. The molecule has 0 aliphatic heterocycles. The molecule has 3 aromatic rings. The van der Waals surface area contributed by atoms with Gasteiger partial charge < -0.3 is 0 Å². The zero-order chi connectivity index (χ0) is 17.8. The number of amides is 1. The summed E-state index contributed by atoms with van der Waals surface area (Å²) in [7, 11) is 0. The van der Waals surface area contributed by atoms with Gasteiger partial charge in [-0.05, 0) is 18.2 Å². The number of rotatable bonds is 4. The first-order valence-corrected chi connectivity index (χ1v) is 7.50. The molecule has 0 spiro atoms. The summed E-state index contributed by atoms with van der Waals surface area (Å²) in [5, 5.41) is 13.4. The summed E-state index contributed by atoms with van der Waals surface area (Å²) in [5.41, 5.74) is 2.78. The van der Waals surface area contributed by atoms with Gasteiger partial charge in [-0.1, -0.05) is 30.3 Å². The Hall–Kier alpha value is -3.61. The van der Waals surface area contributed by atoms with Gasteiger partial charge in [0.2, 0.25) is 11.9 Å². The Morgan fingerprint density at radius 2 is 1.52 bits per heavy atom. The zero-order valence-electron chi connectivity index (χ0n) is 13.3. The molecule has 7 nitrogen and oxygen atoms in total. The molecular formula is C18H14N4O3. The van der Waals surface area contributed by atoms with Gasteiger partial charge in [-0.25, -0.2) is 9.97 Å². The van der Waals surface area contributed by atoms with Gasteiger partial charge in [0, 0.05) is 30.2 Å². The predicted molar refractivity (Wildman–Crippen MR) is 93.9 cm³/mol. The average Bonchev–Trinajstić information content (AvgIpc) is 2.61. The molecule has 124 valence electrons. The number of hydrogen-bond acceptors (Lipinski definition) is 5. The summed E-state index contributed by atoms with van der Waals surface area (Å²) < 4.78 is 0. The van der Waals surface area contributed by atoms with Crippen molar-refractivity contribution >= 4 is 17.5 Å². The van der Waals surface area contributed by atoms with E-state index in [4.69, 9.17) is 0 Å². The highest BCUT2D eigenvalue weighted by atomic mass is 16.6. The molecule has 1 amide bonds. The van der Waals surface area contributed by atoms with Crippen LogP contribution in [0.2, 0.25) is 0 Å². The number of benzene rings is 2. The summed E-state index contributed by atoms with van der Waals surface area (Å²) in [4.78, 5) is 30.4. The molecule has 0 saturated carbocycles. The molecule has 1 heterocycles. The topological polar surface area (TPSA) is 98.0 Å². The molecule has 0 unspecified atom stereocenters. The highest BCUT2D eigenvalue weighted by Gasteiger charge is 2.11. The number of carbonyl (C=O) groups is 1. The zero-order valence-corrected chi connectivity index (χ0v) is 13.3. The Kier molecular flexibility index (Phi) is 4.47. The van der Waals surface area contributed by atoms with Crippen molar-refractivity contribution in [2.45, 2.75) is 6.92 Å². The van der Waals surface area contributed by atoms with Crippen LogP contribution in [0, 0.1) is 10.1 Å². The minimum atomic E-state index is -0.456. The Balaban J connectivity index is 2.08. The standard InChI is InChI=1S/C18H14N4O3/c1-12(23)19-18-20-16(13-5-3-2-4-6-13)11-17(21-18)14-7-9-15(10-8-14)22(24)25/h2-11H,1H3,(H,19,20,21,23). The second kappa shape index (κ2) is 6.88. The lowest BCUT2D eigenvalue weighted by Gasteiger charge is -2.09. The van der Waals surface area contributed by atoms with E-state index >= 15 is 0 Å². The Morgan fingerprint density at radius 3 is 2.04 bits per heavy atom. The third-order valence-corrected chi connectivity index (χ3v) is 3.46. The van der Waals surface area contributed by atoms with Crippen LogP contribution in [0.25, 0.3) is 22.5 Å². The predicted octanol–water partition coefficient (Wildman–Crippen LogP) is 3.68. The molecule has 0 bridgehead atoms. The smallest absolute Gasteiger partial charge is 0.269 e. The average molecular weight is 334 g/mol. The first-order valence-electron chi connectivity index (χ1n) is 7.50. The van der Waals surface area contributed by atoms with Crippen LogP contribution in [0.5, 0.6) is 0 Å². The van der Waals surface area contributed by atoms with Crippen molar-refractivity contribution < 1.29 is 9.72 Å². The third kappa shape index (κ3) is 3.84. The van der Waals surface area contributed by atoms with Crippen molar-refractivity contribution in [2.24, 2.45) is 0 Å². The molecule has 0 radical (unpaired) electrons. The number of nitro groups is 1. The molecule has 0 aliphatic rings. The van der Waals surface area contributed by atoms with Crippen molar-refractivity contribution in [2.75, 3.05) is 5.32 Å². The van der Waals surface area contributed by atoms with Gasteiger partial charge in [0.05, 0.1) is 16.3 Å². The van der Waals surface area contributed by atoms with Gasteiger partial charge in [0.1, 0.15) is 0 Å². The van der Waals surface area contributed by atoms with Crippen molar-refractivity contribution in [3.8, 4) is 22.5 Å².